The van der Waals surface area contributed by atoms with Gasteiger partial charge in [0.15, 0.2) is 0 Å². The Balaban J connectivity index is 1.25. The topological polar surface area (TPSA) is 69.7 Å². The number of urea groups is 1. The summed E-state index contributed by atoms with van der Waals surface area (Å²) in [7, 11) is 0. The molecule has 6 nitrogen and oxygen atoms in total. The summed E-state index contributed by atoms with van der Waals surface area (Å²) in [6, 6.07) is 6.57. The van der Waals surface area contributed by atoms with Crippen molar-refractivity contribution in [3.63, 3.8) is 0 Å². The number of rotatable bonds is 5. The molecule has 5 aliphatic rings. The molecule has 5 fully saturated rings. The lowest BCUT2D eigenvalue weighted by atomic mass is 9.48. The molecule has 6 rings (SSSR count). The van der Waals surface area contributed by atoms with Gasteiger partial charge in [0, 0.05) is 11.7 Å². The maximum atomic E-state index is 13.0. The summed E-state index contributed by atoms with van der Waals surface area (Å²) in [4.78, 5) is 41.3. The lowest BCUT2D eigenvalue weighted by Gasteiger charge is -2.59. The van der Waals surface area contributed by atoms with Crippen molar-refractivity contribution in [3.05, 3.63) is 29.8 Å². The zero-order valence-corrected chi connectivity index (χ0v) is 18.8. The Morgan fingerprint density at radius 3 is 2.16 bits per heavy atom. The predicted octanol–water partition coefficient (Wildman–Crippen LogP) is 3.87. The molecule has 4 bridgehead atoms. The van der Waals surface area contributed by atoms with Crippen molar-refractivity contribution in [1.82, 2.24) is 10.2 Å². The third kappa shape index (κ3) is 3.44. The fourth-order valence-corrected chi connectivity index (χ4v) is 7.20. The highest BCUT2D eigenvalue weighted by Gasteiger charge is 2.53. The molecule has 4 saturated carbocycles. The molecule has 31 heavy (non-hydrogen) atoms. The normalized spacial score (nSPS) is 35.1. The predicted molar refractivity (Wildman–Crippen MR) is 118 cm³/mol. The fourth-order valence-electron chi connectivity index (χ4n) is 7.20. The van der Waals surface area contributed by atoms with E-state index in [0.717, 1.165) is 28.2 Å². The van der Waals surface area contributed by atoms with Crippen LogP contribution in [0.5, 0.6) is 0 Å². The van der Waals surface area contributed by atoms with Gasteiger partial charge in [0.1, 0.15) is 12.6 Å². The van der Waals surface area contributed by atoms with Gasteiger partial charge in [-0.15, -0.1) is 0 Å². The van der Waals surface area contributed by atoms with E-state index < -0.39 is 12.1 Å². The van der Waals surface area contributed by atoms with Gasteiger partial charge in [-0.3, -0.25) is 19.4 Å². The monoisotopic (exact) mass is 423 g/mol. The van der Waals surface area contributed by atoms with Crippen LogP contribution in [0.15, 0.2) is 24.3 Å². The van der Waals surface area contributed by atoms with Gasteiger partial charge in [-0.25, -0.2) is 4.79 Å². The SMILES string of the molecule is Cc1ccc(N2C(=O)N(CC(=O)N[C@H](C)C34CC5CC(CC(C5)C3)C4)C(=O)[C@@H]2C)cc1. The van der Waals surface area contributed by atoms with E-state index in [1.807, 2.05) is 31.2 Å². The van der Waals surface area contributed by atoms with E-state index in [2.05, 4.69) is 12.2 Å². The van der Waals surface area contributed by atoms with Crippen LogP contribution in [0.25, 0.3) is 0 Å². The largest absolute Gasteiger partial charge is 0.352 e. The molecule has 166 valence electrons. The number of carbonyl (C=O) groups excluding carboxylic acids is 3. The minimum absolute atomic E-state index is 0.0758. The Labute approximate surface area is 184 Å². The van der Waals surface area contributed by atoms with Crippen LogP contribution in [0.4, 0.5) is 10.5 Å². The van der Waals surface area contributed by atoms with Crippen LogP contribution < -0.4 is 10.2 Å². The molecule has 6 heteroatoms. The molecule has 1 aromatic rings. The smallest absolute Gasteiger partial charge is 0.332 e. The number of nitrogens with zero attached hydrogens (tertiary/aromatic N) is 2. The molecule has 2 atom stereocenters. The molecule has 4 amide bonds. The minimum Gasteiger partial charge on any atom is -0.352 e. The van der Waals surface area contributed by atoms with Crippen LogP contribution in [0.2, 0.25) is 0 Å². The van der Waals surface area contributed by atoms with Crippen molar-refractivity contribution in [2.45, 2.75) is 71.4 Å². The molecule has 1 aromatic carbocycles. The first-order valence-electron chi connectivity index (χ1n) is 11.8. The third-order valence-corrected chi connectivity index (χ3v) is 8.44. The summed E-state index contributed by atoms with van der Waals surface area (Å²) in [5.74, 6) is 1.90. The van der Waals surface area contributed by atoms with Crippen molar-refractivity contribution in [3.8, 4) is 0 Å². The number of imide groups is 1. The lowest BCUT2D eigenvalue weighted by molar-refractivity contribution is -0.133. The van der Waals surface area contributed by atoms with Crippen LogP contribution in [-0.2, 0) is 9.59 Å². The fraction of sp³-hybridized carbons (Fsp3) is 0.640. The number of nitrogens with one attached hydrogen (secondary N) is 1. The first-order valence-corrected chi connectivity index (χ1v) is 11.8. The summed E-state index contributed by atoms with van der Waals surface area (Å²) in [5, 5.41) is 3.18. The summed E-state index contributed by atoms with van der Waals surface area (Å²) in [5.41, 5.74) is 1.97. The standard InChI is InChI=1S/C25H33N3O3/c1-15-4-6-21(7-5-15)28-16(2)23(30)27(24(28)31)14-22(29)26-17(3)25-11-18-8-19(12-25)10-20(9-18)13-25/h4-7,16-20H,8-14H2,1-3H3,(H,26,29)/t16-,17+,18?,19?,20?,25?/m0/s1. The average Bonchev–Trinajstić information content (AvgIpc) is 2.91. The second-order valence-corrected chi connectivity index (χ2v) is 10.7. The van der Waals surface area contributed by atoms with Crippen LogP contribution in [-0.4, -0.2) is 41.4 Å². The van der Waals surface area contributed by atoms with Gasteiger partial charge in [-0.2, -0.15) is 0 Å². The first-order chi connectivity index (χ1) is 14.8. The number of hydrogen-bond donors (Lipinski definition) is 1. The maximum absolute atomic E-state index is 13.0. The molecule has 1 aliphatic heterocycles. The van der Waals surface area contributed by atoms with Gasteiger partial charge in [-0.05, 0) is 94.6 Å². The average molecular weight is 424 g/mol. The van der Waals surface area contributed by atoms with Crippen LogP contribution >= 0.6 is 0 Å². The van der Waals surface area contributed by atoms with Gasteiger partial charge in [-0.1, -0.05) is 17.7 Å². The zero-order chi connectivity index (χ0) is 21.9. The maximum Gasteiger partial charge on any atom is 0.332 e. The van der Waals surface area contributed by atoms with E-state index in [-0.39, 0.29) is 29.8 Å². The van der Waals surface area contributed by atoms with Crippen molar-refractivity contribution < 1.29 is 14.4 Å². The quantitative estimate of drug-likeness (QED) is 0.731. The molecule has 1 N–H and O–H groups in total. The van der Waals surface area contributed by atoms with Crippen LogP contribution in [0.3, 0.4) is 0 Å². The molecule has 0 spiro atoms. The summed E-state index contributed by atoms with van der Waals surface area (Å²) in [6.07, 6.45) is 7.72. The molecule has 0 aromatic heterocycles. The molecule has 1 saturated heterocycles. The summed E-state index contributed by atoms with van der Waals surface area (Å²) >= 11 is 0. The highest BCUT2D eigenvalue weighted by molar-refractivity contribution is 6.15. The van der Waals surface area contributed by atoms with Crippen LogP contribution in [0, 0.1) is 30.1 Å². The highest BCUT2D eigenvalue weighted by Crippen LogP contribution is 2.61. The molecule has 4 aliphatic carbocycles. The van der Waals surface area contributed by atoms with Gasteiger partial charge in [0.05, 0.1) is 0 Å². The van der Waals surface area contributed by atoms with E-state index in [9.17, 15) is 14.4 Å². The van der Waals surface area contributed by atoms with E-state index in [0.29, 0.717) is 5.69 Å². The molecule has 1 heterocycles. The Bertz CT molecular complexity index is 874. The van der Waals surface area contributed by atoms with Gasteiger partial charge >= 0.3 is 6.03 Å². The van der Waals surface area contributed by atoms with Gasteiger partial charge in [0.25, 0.3) is 5.91 Å². The second kappa shape index (κ2) is 7.35. The second-order valence-electron chi connectivity index (χ2n) is 10.7. The van der Waals surface area contributed by atoms with E-state index >= 15 is 0 Å². The number of benzene rings is 1. The first kappa shape index (κ1) is 20.5. The van der Waals surface area contributed by atoms with Crippen molar-refractivity contribution >= 4 is 23.5 Å². The number of aryl methyl sites for hydroxylation is 1. The third-order valence-electron chi connectivity index (χ3n) is 8.44. The van der Waals surface area contributed by atoms with Crippen LogP contribution in [0.1, 0.15) is 57.9 Å². The van der Waals surface area contributed by atoms with E-state index in [1.165, 1.54) is 43.4 Å². The number of amides is 4. The molecule has 0 unspecified atom stereocenters. The van der Waals surface area contributed by atoms with E-state index in [1.54, 1.807) is 6.92 Å². The number of carbonyl (C=O) groups is 3. The number of anilines is 1. The van der Waals surface area contributed by atoms with Crippen molar-refractivity contribution in [1.29, 1.82) is 0 Å². The molecular weight excluding hydrogens is 390 g/mol. The van der Waals surface area contributed by atoms with Gasteiger partial charge < -0.3 is 5.32 Å². The Hall–Kier alpha value is -2.37. The van der Waals surface area contributed by atoms with Gasteiger partial charge in [0.2, 0.25) is 5.91 Å². The zero-order valence-electron chi connectivity index (χ0n) is 18.8. The Morgan fingerprint density at radius 2 is 1.61 bits per heavy atom. The van der Waals surface area contributed by atoms with Crippen molar-refractivity contribution in [2.75, 3.05) is 11.4 Å². The molecule has 0 radical (unpaired) electrons. The minimum atomic E-state index is -0.608. The van der Waals surface area contributed by atoms with Crippen molar-refractivity contribution in [2.24, 2.45) is 23.2 Å². The summed E-state index contributed by atoms with van der Waals surface area (Å²) < 4.78 is 0. The number of hydrogen-bond acceptors (Lipinski definition) is 3. The Morgan fingerprint density at radius 1 is 1.06 bits per heavy atom. The lowest BCUT2D eigenvalue weighted by Crippen LogP contribution is -2.57. The summed E-state index contributed by atoms with van der Waals surface area (Å²) in [6.45, 7) is 5.61. The highest BCUT2D eigenvalue weighted by atomic mass is 16.2. The van der Waals surface area contributed by atoms with E-state index in [4.69, 9.17) is 0 Å². The molecular formula is C25H33N3O3. The Kier molecular flexibility index (Phi) is 4.87.